The van der Waals surface area contributed by atoms with Crippen molar-refractivity contribution in [3.05, 3.63) is 97.0 Å². The van der Waals surface area contributed by atoms with Crippen LogP contribution >= 0.6 is 0 Å². The summed E-state index contributed by atoms with van der Waals surface area (Å²) in [6, 6.07) is 16.0. The van der Waals surface area contributed by atoms with E-state index in [4.69, 9.17) is 15.0 Å². The summed E-state index contributed by atoms with van der Waals surface area (Å²) in [5.41, 5.74) is 4.72. The highest BCUT2D eigenvalue weighted by molar-refractivity contribution is 6.03. The lowest BCUT2D eigenvalue weighted by Gasteiger charge is -2.34. The van der Waals surface area contributed by atoms with E-state index in [1.54, 1.807) is 6.20 Å². The number of anilines is 1. The number of piperidine rings is 1. The Hall–Kier alpha value is -4.76. The van der Waals surface area contributed by atoms with Crippen LogP contribution < -0.4 is 21.3 Å². The molecule has 228 valence electrons. The van der Waals surface area contributed by atoms with Crippen LogP contribution in [0.15, 0.2) is 101 Å². The Morgan fingerprint density at radius 3 is 2.64 bits per heavy atom. The first-order valence-corrected chi connectivity index (χ1v) is 15.2. The van der Waals surface area contributed by atoms with E-state index in [-0.39, 0.29) is 11.8 Å². The third kappa shape index (κ3) is 7.06. The van der Waals surface area contributed by atoms with Gasteiger partial charge in [0.25, 0.3) is 0 Å². The van der Waals surface area contributed by atoms with Crippen molar-refractivity contribution >= 4 is 34.3 Å². The van der Waals surface area contributed by atoms with E-state index >= 15 is 0 Å². The number of carbonyl (C=O) groups excluding carboxylic acids is 1. The molecule has 1 aromatic heterocycles. The molecule has 9 heteroatoms. The van der Waals surface area contributed by atoms with E-state index in [9.17, 15) is 4.79 Å². The summed E-state index contributed by atoms with van der Waals surface area (Å²) in [6.07, 6.45) is 7.23. The zero-order valence-corrected chi connectivity index (χ0v) is 25.9. The van der Waals surface area contributed by atoms with Crippen LogP contribution in [0.5, 0.6) is 0 Å². The van der Waals surface area contributed by atoms with Gasteiger partial charge in [-0.05, 0) is 78.6 Å². The Bertz CT molecular complexity index is 1630. The van der Waals surface area contributed by atoms with Gasteiger partial charge >= 0.3 is 0 Å². The molecule has 5 rings (SSSR count). The zero-order valence-electron chi connectivity index (χ0n) is 25.9. The molecule has 4 N–H and O–H groups in total. The third-order valence-electron chi connectivity index (χ3n) is 8.09. The smallest absolute Gasteiger partial charge is 0.247 e. The van der Waals surface area contributed by atoms with Gasteiger partial charge in [0, 0.05) is 36.4 Å². The number of hydrogen-bond donors (Lipinski definition) is 4. The summed E-state index contributed by atoms with van der Waals surface area (Å²) in [6.45, 7) is 15.2. The lowest BCUT2D eigenvalue weighted by atomic mass is 9.98. The highest BCUT2D eigenvalue weighted by atomic mass is 16.1. The normalized spacial score (nSPS) is 18.7. The van der Waals surface area contributed by atoms with Gasteiger partial charge in [-0.25, -0.2) is 4.99 Å². The second kappa shape index (κ2) is 14.1. The summed E-state index contributed by atoms with van der Waals surface area (Å²) >= 11 is 0. The number of hydrogen-bond acceptors (Lipinski definition) is 5. The predicted octanol–water partition coefficient (Wildman–Crippen LogP) is 5.42. The lowest BCUT2D eigenvalue weighted by molar-refractivity contribution is -0.111. The fourth-order valence-corrected chi connectivity index (χ4v) is 5.62. The van der Waals surface area contributed by atoms with Gasteiger partial charge < -0.3 is 20.9 Å². The molecule has 1 amide bonds. The van der Waals surface area contributed by atoms with Crippen molar-refractivity contribution in [2.24, 2.45) is 21.8 Å². The molecule has 2 saturated heterocycles. The van der Waals surface area contributed by atoms with Gasteiger partial charge in [0.05, 0.1) is 12.2 Å². The number of allylic oxidation sites excluding steroid dienone is 2. The second-order valence-corrected chi connectivity index (χ2v) is 11.4. The van der Waals surface area contributed by atoms with Crippen molar-refractivity contribution in [3.63, 3.8) is 0 Å². The maximum absolute atomic E-state index is 11.8. The van der Waals surface area contributed by atoms with Crippen molar-refractivity contribution in [1.29, 1.82) is 0 Å². The molecule has 44 heavy (non-hydrogen) atoms. The zero-order chi connectivity index (χ0) is 31.1. The maximum atomic E-state index is 11.8. The predicted molar refractivity (Wildman–Crippen MR) is 181 cm³/mol. The number of benzene rings is 2. The largest absolute Gasteiger partial charge is 0.323 e. The van der Waals surface area contributed by atoms with E-state index < -0.39 is 0 Å². The first-order valence-electron chi connectivity index (χ1n) is 15.2. The number of rotatable bonds is 9. The average Bonchev–Trinajstić information content (AvgIpc) is 3.04. The van der Waals surface area contributed by atoms with Crippen molar-refractivity contribution in [2.75, 3.05) is 32.0 Å². The monoisotopic (exact) mass is 590 g/mol. The van der Waals surface area contributed by atoms with Gasteiger partial charge in [-0.15, -0.1) is 0 Å². The number of fused-ring (bicyclic) bond motifs is 1. The summed E-state index contributed by atoms with van der Waals surface area (Å²) in [4.78, 5) is 28.7. The van der Waals surface area contributed by atoms with Crippen LogP contribution in [0, 0.1) is 11.8 Å². The topological polar surface area (TPSA) is 106 Å². The van der Waals surface area contributed by atoms with E-state index in [2.05, 4.69) is 60.4 Å². The average molecular weight is 591 g/mol. The first-order chi connectivity index (χ1) is 21.4. The van der Waals surface area contributed by atoms with Crippen LogP contribution in [0.1, 0.15) is 32.3 Å². The standard InChI is InChI=1S/C35H42N8O/c1-6-28(23(3)4)33-41-34(38-21-24-14-17-36-18-15-24)42-35(43(33)5)39-22-26-10-8-9-11-29(26)32-30-13-12-27(40-31(44)7-2)20-25(30)16-19-37-32/h6-13,16,19-20,23-24,36H,1-2,14-15,17-18,21-22H2,3-5H3,(H,40,44)(H2,38,39,41,42)/b33-28+. The Kier molecular flexibility index (Phi) is 9.86. The molecule has 3 heterocycles. The number of carbonyl (C=O) groups is 1. The molecule has 0 bridgehead atoms. The molecule has 2 fully saturated rings. The molecule has 9 nitrogen and oxygen atoms in total. The molecule has 3 aromatic rings. The van der Waals surface area contributed by atoms with Crippen LogP contribution in [0.25, 0.3) is 22.0 Å². The van der Waals surface area contributed by atoms with Gasteiger partial charge in [-0.1, -0.05) is 63.4 Å². The van der Waals surface area contributed by atoms with Gasteiger partial charge in [0.15, 0.2) is 0 Å². The number of guanidine groups is 2. The molecule has 0 atom stereocenters. The van der Waals surface area contributed by atoms with Crippen molar-refractivity contribution < 1.29 is 4.79 Å². The summed E-state index contributed by atoms with van der Waals surface area (Å²) in [5, 5.41) is 15.2. The van der Waals surface area contributed by atoms with Gasteiger partial charge in [-0.2, -0.15) is 0 Å². The number of aromatic nitrogens is 1. The number of nitrogens with zero attached hydrogens (tertiary/aromatic N) is 4. The van der Waals surface area contributed by atoms with Gasteiger partial charge in [0.2, 0.25) is 17.8 Å². The minimum atomic E-state index is -0.245. The molecule has 0 radical (unpaired) electrons. The summed E-state index contributed by atoms with van der Waals surface area (Å²) in [5.74, 6) is 2.94. The molecule has 0 saturated carbocycles. The van der Waals surface area contributed by atoms with Crippen LogP contribution in [0.3, 0.4) is 0 Å². The fourth-order valence-electron chi connectivity index (χ4n) is 5.62. The molecule has 2 aliphatic rings. The van der Waals surface area contributed by atoms with Crippen LogP contribution in [0.2, 0.25) is 0 Å². The number of pyridine rings is 1. The fraction of sp³-hybridized carbons (Fsp3) is 0.314. The van der Waals surface area contributed by atoms with Gasteiger partial charge in [-0.3, -0.25) is 20.1 Å². The lowest BCUT2D eigenvalue weighted by Crippen LogP contribution is -2.56. The van der Waals surface area contributed by atoms with Crippen LogP contribution in [-0.4, -0.2) is 54.4 Å². The third-order valence-corrected chi connectivity index (χ3v) is 8.09. The molecule has 0 unspecified atom stereocenters. The highest BCUT2D eigenvalue weighted by Crippen LogP contribution is 2.31. The molecule has 0 aliphatic carbocycles. The van der Waals surface area contributed by atoms with Gasteiger partial charge in [0.1, 0.15) is 5.82 Å². The van der Waals surface area contributed by atoms with E-state index in [1.807, 2.05) is 54.4 Å². The van der Waals surface area contributed by atoms with Crippen molar-refractivity contribution in [3.8, 4) is 11.3 Å². The van der Waals surface area contributed by atoms with Crippen molar-refractivity contribution in [1.82, 2.24) is 25.8 Å². The van der Waals surface area contributed by atoms with E-state index in [0.717, 1.165) is 71.5 Å². The quantitative estimate of drug-likeness (QED) is 0.248. The summed E-state index contributed by atoms with van der Waals surface area (Å²) < 4.78 is 0. The van der Waals surface area contributed by atoms with Crippen LogP contribution in [0.4, 0.5) is 5.69 Å². The Morgan fingerprint density at radius 2 is 1.89 bits per heavy atom. The maximum Gasteiger partial charge on any atom is 0.247 e. The molecular weight excluding hydrogens is 548 g/mol. The summed E-state index contributed by atoms with van der Waals surface area (Å²) in [7, 11) is 2.00. The van der Waals surface area contributed by atoms with Crippen molar-refractivity contribution in [2.45, 2.75) is 33.2 Å². The Morgan fingerprint density at radius 1 is 1.09 bits per heavy atom. The van der Waals surface area contributed by atoms with Crippen LogP contribution in [-0.2, 0) is 11.3 Å². The minimum Gasteiger partial charge on any atom is -0.323 e. The Balaban J connectivity index is 1.47. The minimum absolute atomic E-state index is 0.245. The van der Waals surface area contributed by atoms with E-state index in [0.29, 0.717) is 30.1 Å². The highest BCUT2D eigenvalue weighted by Gasteiger charge is 2.25. The number of nitrogens with one attached hydrogen (secondary N) is 4. The number of amides is 1. The molecule has 0 spiro atoms. The Labute approximate surface area is 260 Å². The number of aliphatic imine (C=N–C) groups is 2. The van der Waals surface area contributed by atoms with E-state index in [1.165, 1.54) is 6.08 Å². The molecule has 2 aromatic carbocycles. The first kappa shape index (κ1) is 30.7. The second-order valence-electron chi connectivity index (χ2n) is 11.4. The SMILES string of the molecule is C=CC(=O)Nc1ccc2c(-c3ccccc3CN=C3NC(=NCC4CCNCC4)N/C(=C(/C=C)C(C)C)N3C)nccc2c1. The molecular formula is C35H42N8O. The molecule has 2 aliphatic heterocycles.